The van der Waals surface area contributed by atoms with E-state index in [0.717, 1.165) is 18.3 Å². The Labute approximate surface area is 119 Å². The molecule has 3 nitrogen and oxygen atoms in total. The van der Waals surface area contributed by atoms with Crippen LogP contribution in [0.1, 0.15) is 52.9 Å². The monoisotopic (exact) mass is 270 g/mol. The second kappa shape index (κ2) is 8.23. The lowest BCUT2D eigenvalue weighted by molar-refractivity contribution is 0.148. The molecule has 1 heterocycles. The predicted octanol–water partition coefficient (Wildman–Crippen LogP) is 2.50. The van der Waals surface area contributed by atoms with Gasteiger partial charge in [-0.05, 0) is 71.1 Å². The third-order valence-corrected chi connectivity index (χ3v) is 4.98. The molecule has 0 aromatic heterocycles. The first kappa shape index (κ1) is 16.9. The molecule has 1 unspecified atom stereocenters. The van der Waals surface area contributed by atoms with Gasteiger partial charge in [-0.2, -0.15) is 0 Å². The van der Waals surface area contributed by atoms with E-state index in [4.69, 9.17) is 0 Å². The topological polar surface area (TPSA) is 35.5 Å². The van der Waals surface area contributed by atoms with Crippen LogP contribution in [0.15, 0.2) is 0 Å². The molecule has 3 heteroatoms. The average Bonchev–Trinajstić information content (AvgIpc) is 2.44. The zero-order valence-corrected chi connectivity index (χ0v) is 13.4. The SMILES string of the molecule is CNC(C)(CO)CCCCN1CCC(C(C)C)CC1. The molecule has 0 aliphatic carbocycles. The van der Waals surface area contributed by atoms with Gasteiger partial charge in [-0.25, -0.2) is 0 Å². The summed E-state index contributed by atoms with van der Waals surface area (Å²) < 4.78 is 0. The average molecular weight is 270 g/mol. The highest BCUT2D eigenvalue weighted by molar-refractivity contribution is 4.80. The zero-order chi connectivity index (χ0) is 14.3. The van der Waals surface area contributed by atoms with E-state index >= 15 is 0 Å². The van der Waals surface area contributed by atoms with Crippen molar-refractivity contribution in [3.8, 4) is 0 Å². The number of nitrogens with zero attached hydrogens (tertiary/aromatic N) is 1. The summed E-state index contributed by atoms with van der Waals surface area (Å²) >= 11 is 0. The Balaban J connectivity index is 2.11. The highest BCUT2D eigenvalue weighted by Crippen LogP contribution is 2.24. The second-order valence-electron chi connectivity index (χ2n) is 6.85. The third kappa shape index (κ3) is 5.80. The quantitative estimate of drug-likeness (QED) is 0.665. The molecule has 1 fully saturated rings. The number of nitrogens with one attached hydrogen (secondary N) is 1. The molecule has 114 valence electrons. The van der Waals surface area contributed by atoms with Gasteiger partial charge in [-0.15, -0.1) is 0 Å². The standard InChI is InChI=1S/C16H34N2O/c1-14(2)15-7-11-18(12-8-15)10-6-5-9-16(3,13-19)17-4/h14-15,17,19H,5-13H2,1-4H3. The molecule has 0 aromatic carbocycles. The van der Waals surface area contributed by atoms with Crippen LogP contribution in [0.3, 0.4) is 0 Å². The van der Waals surface area contributed by atoms with E-state index in [1.807, 2.05) is 7.05 Å². The number of aliphatic hydroxyl groups is 1. The van der Waals surface area contributed by atoms with E-state index in [2.05, 4.69) is 31.0 Å². The van der Waals surface area contributed by atoms with Crippen molar-refractivity contribution in [3.05, 3.63) is 0 Å². The molecule has 0 saturated carbocycles. The summed E-state index contributed by atoms with van der Waals surface area (Å²) in [6.07, 6.45) is 6.26. The Hall–Kier alpha value is -0.120. The van der Waals surface area contributed by atoms with E-state index in [1.54, 1.807) is 0 Å². The van der Waals surface area contributed by atoms with Crippen molar-refractivity contribution in [2.75, 3.05) is 33.3 Å². The van der Waals surface area contributed by atoms with Gasteiger partial charge in [0.25, 0.3) is 0 Å². The summed E-state index contributed by atoms with van der Waals surface area (Å²) in [7, 11) is 1.94. The molecular formula is C16H34N2O. The molecule has 1 rings (SSSR count). The minimum Gasteiger partial charge on any atom is -0.394 e. The Morgan fingerprint density at radius 2 is 1.89 bits per heavy atom. The minimum absolute atomic E-state index is 0.0926. The van der Waals surface area contributed by atoms with Crippen molar-refractivity contribution >= 4 is 0 Å². The fourth-order valence-electron chi connectivity index (χ4n) is 2.98. The molecule has 1 saturated heterocycles. The highest BCUT2D eigenvalue weighted by atomic mass is 16.3. The van der Waals surface area contributed by atoms with Gasteiger partial charge >= 0.3 is 0 Å². The molecule has 0 radical (unpaired) electrons. The second-order valence-corrected chi connectivity index (χ2v) is 6.85. The van der Waals surface area contributed by atoms with Crippen LogP contribution >= 0.6 is 0 Å². The molecule has 1 atom stereocenters. The maximum atomic E-state index is 9.34. The molecular weight excluding hydrogens is 236 g/mol. The van der Waals surface area contributed by atoms with Crippen LogP contribution in [0.4, 0.5) is 0 Å². The third-order valence-electron chi connectivity index (χ3n) is 4.98. The normalized spacial score (nSPS) is 21.8. The zero-order valence-electron chi connectivity index (χ0n) is 13.4. The van der Waals surface area contributed by atoms with Gasteiger partial charge in [0.1, 0.15) is 0 Å². The fourth-order valence-corrected chi connectivity index (χ4v) is 2.98. The number of piperidine rings is 1. The number of likely N-dealkylation sites (tertiary alicyclic amines) is 1. The molecule has 2 N–H and O–H groups in total. The van der Waals surface area contributed by atoms with Crippen LogP contribution in [0.5, 0.6) is 0 Å². The summed E-state index contributed by atoms with van der Waals surface area (Å²) in [4.78, 5) is 2.62. The van der Waals surface area contributed by atoms with Crippen LogP contribution in [0.2, 0.25) is 0 Å². The van der Waals surface area contributed by atoms with Crippen molar-refractivity contribution in [2.24, 2.45) is 11.8 Å². The smallest absolute Gasteiger partial charge is 0.0610 e. The fraction of sp³-hybridized carbons (Fsp3) is 1.00. The van der Waals surface area contributed by atoms with Gasteiger partial charge in [0, 0.05) is 5.54 Å². The number of unbranched alkanes of at least 4 members (excludes halogenated alkanes) is 1. The lowest BCUT2D eigenvalue weighted by Gasteiger charge is -2.34. The largest absolute Gasteiger partial charge is 0.394 e. The van der Waals surface area contributed by atoms with Gasteiger partial charge in [0.2, 0.25) is 0 Å². The Kier molecular flexibility index (Phi) is 7.33. The first-order valence-corrected chi connectivity index (χ1v) is 8.03. The van der Waals surface area contributed by atoms with Gasteiger partial charge in [-0.3, -0.25) is 0 Å². The number of likely N-dealkylation sites (N-methyl/N-ethyl adjacent to an activating group) is 1. The summed E-state index contributed by atoms with van der Waals surface area (Å²) in [6.45, 7) is 10.8. The van der Waals surface area contributed by atoms with Crippen molar-refractivity contribution in [3.63, 3.8) is 0 Å². The predicted molar refractivity (Wildman–Crippen MR) is 82.4 cm³/mol. The number of hydrogen-bond acceptors (Lipinski definition) is 3. The Morgan fingerprint density at radius 1 is 1.26 bits per heavy atom. The van der Waals surface area contributed by atoms with Crippen molar-refractivity contribution < 1.29 is 5.11 Å². The van der Waals surface area contributed by atoms with Gasteiger partial charge in [0.15, 0.2) is 0 Å². The van der Waals surface area contributed by atoms with Crippen molar-refractivity contribution in [1.29, 1.82) is 0 Å². The number of hydrogen-bond donors (Lipinski definition) is 2. The van der Waals surface area contributed by atoms with Gasteiger partial charge < -0.3 is 15.3 Å². The summed E-state index contributed by atoms with van der Waals surface area (Å²) in [6, 6.07) is 0. The maximum absolute atomic E-state index is 9.34. The summed E-state index contributed by atoms with van der Waals surface area (Å²) in [5, 5.41) is 12.6. The van der Waals surface area contributed by atoms with E-state index in [1.165, 1.54) is 45.3 Å². The van der Waals surface area contributed by atoms with Crippen LogP contribution in [-0.2, 0) is 0 Å². The highest BCUT2D eigenvalue weighted by Gasteiger charge is 2.22. The summed E-state index contributed by atoms with van der Waals surface area (Å²) in [5.74, 6) is 1.79. The number of aliphatic hydroxyl groups excluding tert-OH is 1. The molecule has 0 bridgehead atoms. The van der Waals surface area contributed by atoms with Gasteiger partial charge in [0.05, 0.1) is 6.61 Å². The molecule has 0 aromatic rings. The van der Waals surface area contributed by atoms with Crippen LogP contribution in [0, 0.1) is 11.8 Å². The van der Waals surface area contributed by atoms with Gasteiger partial charge in [-0.1, -0.05) is 20.3 Å². The van der Waals surface area contributed by atoms with E-state index in [-0.39, 0.29) is 12.1 Å². The molecule has 19 heavy (non-hydrogen) atoms. The summed E-state index contributed by atoms with van der Waals surface area (Å²) in [5.41, 5.74) is -0.0926. The van der Waals surface area contributed by atoms with E-state index < -0.39 is 0 Å². The number of rotatable bonds is 8. The Bertz CT molecular complexity index is 231. The first-order valence-electron chi connectivity index (χ1n) is 8.03. The molecule has 1 aliphatic rings. The Morgan fingerprint density at radius 3 is 2.37 bits per heavy atom. The van der Waals surface area contributed by atoms with E-state index in [0.29, 0.717) is 0 Å². The first-order chi connectivity index (χ1) is 9.00. The van der Waals surface area contributed by atoms with E-state index in [9.17, 15) is 5.11 Å². The maximum Gasteiger partial charge on any atom is 0.0610 e. The van der Waals surface area contributed by atoms with Crippen LogP contribution in [-0.4, -0.2) is 48.8 Å². The molecule has 1 aliphatic heterocycles. The van der Waals surface area contributed by atoms with Crippen LogP contribution < -0.4 is 5.32 Å². The molecule has 0 spiro atoms. The van der Waals surface area contributed by atoms with Crippen LogP contribution in [0.25, 0.3) is 0 Å². The molecule has 0 amide bonds. The van der Waals surface area contributed by atoms with Crippen molar-refractivity contribution in [1.82, 2.24) is 10.2 Å². The van der Waals surface area contributed by atoms with Crippen molar-refractivity contribution in [2.45, 2.75) is 58.4 Å². The lowest BCUT2D eigenvalue weighted by Crippen LogP contribution is -2.43. The lowest BCUT2D eigenvalue weighted by atomic mass is 9.86. The minimum atomic E-state index is -0.0926.